The molecule has 1 amide bonds. The number of carbonyl (C=O) groups excluding carboxylic acids is 1. The molecule has 2 unspecified atom stereocenters. The van der Waals surface area contributed by atoms with Crippen LogP contribution in [0.1, 0.15) is 38.5 Å². The topological polar surface area (TPSA) is 83.6 Å². The molecule has 2 atom stereocenters. The molecular weight excluding hydrogens is 194 g/mol. The van der Waals surface area contributed by atoms with Crippen LogP contribution in [0.25, 0.3) is 0 Å². The molecule has 1 rings (SSSR count). The summed E-state index contributed by atoms with van der Waals surface area (Å²) >= 11 is 0. The summed E-state index contributed by atoms with van der Waals surface area (Å²) < 4.78 is 0. The van der Waals surface area contributed by atoms with E-state index >= 15 is 0 Å². The van der Waals surface area contributed by atoms with Gasteiger partial charge in [-0.05, 0) is 25.2 Å². The summed E-state index contributed by atoms with van der Waals surface area (Å²) in [7, 11) is 0. The predicted molar refractivity (Wildman–Crippen MR) is 57.0 cm³/mol. The van der Waals surface area contributed by atoms with E-state index in [0.29, 0.717) is 12.3 Å². The molecule has 0 heterocycles. The largest absolute Gasteiger partial charge is 0.394 e. The minimum Gasteiger partial charge on any atom is -0.394 e. The molecule has 0 aromatic heterocycles. The summed E-state index contributed by atoms with van der Waals surface area (Å²) in [6.45, 7) is -0.295. The van der Waals surface area contributed by atoms with Crippen molar-refractivity contribution >= 4 is 5.91 Å². The Balaban J connectivity index is 2.51. The molecule has 1 aliphatic rings. The van der Waals surface area contributed by atoms with Gasteiger partial charge >= 0.3 is 0 Å². The minimum absolute atomic E-state index is 0.271. The lowest BCUT2D eigenvalue weighted by atomic mass is 9.77. The van der Waals surface area contributed by atoms with E-state index in [1.54, 1.807) is 0 Å². The minimum atomic E-state index is -0.815. The van der Waals surface area contributed by atoms with E-state index in [1.165, 1.54) is 6.42 Å². The van der Waals surface area contributed by atoms with E-state index in [9.17, 15) is 9.90 Å². The second-order valence-electron chi connectivity index (χ2n) is 4.48. The van der Waals surface area contributed by atoms with Gasteiger partial charge in [0.2, 0.25) is 5.91 Å². The Kier molecular flexibility index (Phi) is 5.05. The quantitative estimate of drug-likeness (QED) is 0.621. The van der Waals surface area contributed by atoms with Crippen molar-refractivity contribution in [2.75, 3.05) is 6.61 Å². The van der Waals surface area contributed by atoms with Crippen LogP contribution in [-0.2, 0) is 4.79 Å². The average Bonchev–Trinajstić information content (AvgIpc) is 2.26. The lowest BCUT2D eigenvalue weighted by Gasteiger charge is -2.29. The zero-order valence-corrected chi connectivity index (χ0v) is 9.06. The van der Waals surface area contributed by atoms with Gasteiger partial charge in [0.1, 0.15) is 0 Å². The van der Waals surface area contributed by atoms with Gasteiger partial charge < -0.3 is 15.9 Å². The zero-order valence-electron chi connectivity index (χ0n) is 9.06. The summed E-state index contributed by atoms with van der Waals surface area (Å²) in [5, 5.41) is 18.1. The number of hydrogen-bond acceptors (Lipinski definition) is 3. The maximum Gasteiger partial charge on any atom is 0.220 e. The molecule has 0 spiro atoms. The van der Waals surface area contributed by atoms with Crippen molar-refractivity contribution in [3.05, 3.63) is 0 Å². The van der Waals surface area contributed by atoms with Gasteiger partial charge in [0.15, 0.2) is 0 Å². The zero-order chi connectivity index (χ0) is 11.3. The number of aliphatic hydroxyl groups excluding tert-OH is 2. The lowest BCUT2D eigenvalue weighted by Crippen LogP contribution is -2.34. The van der Waals surface area contributed by atoms with Crippen LogP contribution in [0.3, 0.4) is 0 Å². The summed E-state index contributed by atoms with van der Waals surface area (Å²) in [5.41, 5.74) is 5.34. The SMILES string of the molecule is NC(=O)C(CC(O)CO)C1CCCCC1. The Morgan fingerprint density at radius 3 is 2.40 bits per heavy atom. The van der Waals surface area contributed by atoms with Crippen LogP contribution in [0.5, 0.6) is 0 Å². The first-order chi connectivity index (χ1) is 7.15. The first-order valence-electron chi connectivity index (χ1n) is 5.73. The summed E-state index contributed by atoms with van der Waals surface area (Å²) in [5.74, 6) is -0.306. The molecule has 1 aliphatic carbocycles. The van der Waals surface area contributed by atoms with E-state index in [1.807, 2.05) is 0 Å². The first-order valence-corrected chi connectivity index (χ1v) is 5.73. The van der Waals surface area contributed by atoms with Crippen molar-refractivity contribution < 1.29 is 15.0 Å². The molecule has 0 radical (unpaired) electrons. The normalized spacial score (nSPS) is 22.3. The van der Waals surface area contributed by atoms with Crippen LogP contribution in [-0.4, -0.2) is 28.8 Å². The van der Waals surface area contributed by atoms with Gasteiger partial charge in [-0.1, -0.05) is 19.3 Å². The highest BCUT2D eigenvalue weighted by Gasteiger charge is 2.29. The van der Waals surface area contributed by atoms with Gasteiger partial charge in [0.05, 0.1) is 12.7 Å². The third-order valence-corrected chi connectivity index (χ3v) is 3.32. The predicted octanol–water partition coefficient (Wildman–Crippen LogP) is 0.411. The molecule has 0 bridgehead atoms. The van der Waals surface area contributed by atoms with E-state index in [2.05, 4.69) is 0 Å². The van der Waals surface area contributed by atoms with Gasteiger partial charge in [-0.25, -0.2) is 0 Å². The molecule has 0 aliphatic heterocycles. The molecule has 15 heavy (non-hydrogen) atoms. The fourth-order valence-corrected chi connectivity index (χ4v) is 2.45. The van der Waals surface area contributed by atoms with Crippen LogP contribution in [0.2, 0.25) is 0 Å². The number of rotatable bonds is 5. The summed E-state index contributed by atoms with van der Waals surface area (Å²) in [4.78, 5) is 11.3. The van der Waals surface area contributed by atoms with Crippen molar-refractivity contribution in [2.24, 2.45) is 17.6 Å². The number of carbonyl (C=O) groups is 1. The fourth-order valence-electron chi connectivity index (χ4n) is 2.45. The van der Waals surface area contributed by atoms with Gasteiger partial charge in [0, 0.05) is 5.92 Å². The van der Waals surface area contributed by atoms with Crippen LogP contribution in [0.4, 0.5) is 0 Å². The van der Waals surface area contributed by atoms with E-state index in [-0.39, 0.29) is 18.4 Å². The van der Waals surface area contributed by atoms with E-state index in [4.69, 9.17) is 10.8 Å². The molecule has 4 N–H and O–H groups in total. The lowest BCUT2D eigenvalue weighted by molar-refractivity contribution is -0.125. The van der Waals surface area contributed by atoms with Crippen molar-refractivity contribution in [1.82, 2.24) is 0 Å². The van der Waals surface area contributed by atoms with Crippen molar-refractivity contribution in [1.29, 1.82) is 0 Å². The monoisotopic (exact) mass is 215 g/mol. The van der Waals surface area contributed by atoms with Gasteiger partial charge in [0.25, 0.3) is 0 Å². The molecule has 0 aromatic rings. The second-order valence-corrected chi connectivity index (χ2v) is 4.48. The van der Waals surface area contributed by atoms with Crippen LogP contribution >= 0.6 is 0 Å². The van der Waals surface area contributed by atoms with Crippen LogP contribution in [0, 0.1) is 11.8 Å². The number of primary amides is 1. The van der Waals surface area contributed by atoms with Gasteiger partial charge in [-0.2, -0.15) is 0 Å². The Hall–Kier alpha value is -0.610. The van der Waals surface area contributed by atoms with E-state index < -0.39 is 6.10 Å². The Morgan fingerprint density at radius 2 is 1.93 bits per heavy atom. The first kappa shape index (κ1) is 12.5. The van der Waals surface area contributed by atoms with Crippen molar-refractivity contribution in [3.8, 4) is 0 Å². The third-order valence-electron chi connectivity index (χ3n) is 3.32. The molecule has 4 nitrogen and oxygen atoms in total. The number of aliphatic hydroxyl groups is 2. The van der Waals surface area contributed by atoms with Crippen molar-refractivity contribution in [3.63, 3.8) is 0 Å². The Morgan fingerprint density at radius 1 is 1.33 bits per heavy atom. The standard InChI is InChI=1S/C11H21NO3/c12-11(15)10(6-9(14)7-13)8-4-2-1-3-5-8/h8-10,13-14H,1-7H2,(H2,12,15). The smallest absolute Gasteiger partial charge is 0.220 e. The fraction of sp³-hybridized carbons (Fsp3) is 0.909. The molecule has 1 fully saturated rings. The molecule has 0 saturated heterocycles. The van der Waals surface area contributed by atoms with Crippen LogP contribution < -0.4 is 5.73 Å². The maximum absolute atomic E-state index is 11.3. The summed E-state index contributed by atoms with van der Waals surface area (Å²) in [6, 6.07) is 0. The third kappa shape index (κ3) is 3.80. The summed E-state index contributed by atoms with van der Waals surface area (Å²) in [6.07, 6.45) is 5.04. The molecule has 4 heteroatoms. The molecule has 88 valence electrons. The average molecular weight is 215 g/mol. The number of amides is 1. The van der Waals surface area contributed by atoms with Gasteiger partial charge in [-0.15, -0.1) is 0 Å². The molecule has 0 aromatic carbocycles. The maximum atomic E-state index is 11.3. The van der Waals surface area contributed by atoms with Crippen LogP contribution in [0.15, 0.2) is 0 Å². The van der Waals surface area contributed by atoms with Crippen molar-refractivity contribution in [2.45, 2.75) is 44.6 Å². The Bertz CT molecular complexity index is 202. The van der Waals surface area contributed by atoms with Gasteiger partial charge in [-0.3, -0.25) is 4.79 Å². The molecular formula is C11H21NO3. The molecule has 1 saturated carbocycles. The highest BCUT2D eigenvalue weighted by molar-refractivity contribution is 5.77. The highest BCUT2D eigenvalue weighted by atomic mass is 16.3. The van der Waals surface area contributed by atoms with E-state index in [0.717, 1.165) is 25.7 Å². The second kappa shape index (κ2) is 6.08. The number of hydrogen-bond donors (Lipinski definition) is 3. The Labute approximate surface area is 90.5 Å². The highest BCUT2D eigenvalue weighted by Crippen LogP contribution is 2.32. The number of nitrogens with two attached hydrogens (primary N) is 1.